The highest BCUT2D eigenvalue weighted by molar-refractivity contribution is 7.80. The molecule has 1 atom stereocenters. The summed E-state index contributed by atoms with van der Waals surface area (Å²) in [6, 6.07) is 2.16. The summed E-state index contributed by atoms with van der Waals surface area (Å²) in [6.45, 7) is 2.19. The third kappa shape index (κ3) is 1.73. The lowest BCUT2D eigenvalue weighted by Crippen LogP contribution is -1.90. The first-order valence-corrected chi connectivity index (χ1v) is 4.55. The minimum absolute atomic E-state index is 0.611. The summed E-state index contributed by atoms with van der Waals surface area (Å²) in [5, 5.41) is 4.29. The van der Waals surface area contributed by atoms with E-state index in [0.29, 0.717) is 5.92 Å². The van der Waals surface area contributed by atoms with E-state index in [4.69, 9.17) is 0 Å². The minimum atomic E-state index is 0.611. The van der Waals surface area contributed by atoms with Gasteiger partial charge in [-0.25, -0.2) is 0 Å². The molecular formula is C7H10S2. The zero-order valence-electron chi connectivity index (χ0n) is 5.37. The minimum Gasteiger partial charge on any atom is -0.179 e. The molecule has 1 aromatic heterocycles. The number of thiol groups is 1. The number of hydrogen-bond donors (Lipinski definition) is 1. The van der Waals surface area contributed by atoms with Crippen LogP contribution in [0.1, 0.15) is 18.4 Å². The van der Waals surface area contributed by atoms with Crippen LogP contribution in [0.15, 0.2) is 16.8 Å². The van der Waals surface area contributed by atoms with Crippen LogP contribution in [0.3, 0.4) is 0 Å². The average molecular weight is 158 g/mol. The van der Waals surface area contributed by atoms with Crippen LogP contribution in [-0.4, -0.2) is 5.75 Å². The summed E-state index contributed by atoms with van der Waals surface area (Å²) >= 11 is 5.96. The van der Waals surface area contributed by atoms with Crippen LogP contribution < -0.4 is 0 Å². The zero-order chi connectivity index (χ0) is 6.69. The summed E-state index contributed by atoms with van der Waals surface area (Å²) in [5.41, 5.74) is 1.41. The first-order chi connectivity index (χ1) is 4.34. The largest absolute Gasteiger partial charge is 0.179 e. The molecule has 0 saturated carbocycles. The van der Waals surface area contributed by atoms with Gasteiger partial charge in [0.05, 0.1) is 0 Å². The Morgan fingerprint density at radius 2 is 2.56 bits per heavy atom. The second kappa shape index (κ2) is 3.28. The summed E-state index contributed by atoms with van der Waals surface area (Å²) in [4.78, 5) is 0. The van der Waals surface area contributed by atoms with Gasteiger partial charge < -0.3 is 0 Å². The molecule has 1 heterocycles. The fraction of sp³-hybridized carbons (Fsp3) is 0.429. The smallest absolute Gasteiger partial charge is 0.00313 e. The van der Waals surface area contributed by atoms with Crippen molar-refractivity contribution in [1.29, 1.82) is 0 Å². The van der Waals surface area contributed by atoms with E-state index >= 15 is 0 Å². The Morgan fingerprint density at radius 1 is 1.78 bits per heavy atom. The van der Waals surface area contributed by atoms with Crippen LogP contribution in [0, 0.1) is 0 Å². The van der Waals surface area contributed by atoms with Crippen molar-refractivity contribution >= 4 is 24.0 Å². The molecule has 2 heteroatoms. The Kier molecular flexibility index (Phi) is 2.61. The highest BCUT2D eigenvalue weighted by Crippen LogP contribution is 2.18. The molecule has 0 saturated heterocycles. The second-order valence-electron chi connectivity index (χ2n) is 2.14. The second-order valence-corrected chi connectivity index (χ2v) is 3.29. The van der Waals surface area contributed by atoms with Gasteiger partial charge in [-0.3, -0.25) is 0 Å². The third-order valence-corrected chi connectivity index (χ3v) is 2.64. The Hall–Kier alpha value is 0.0500. The normalized spacial score (nSPS) is 13.6. The van der Waals surface area contributed by atoms with Crippen molar-refractivity contribution in [2.75, 3.05) is 5.75 Å². The van der Waals surface area contributed by atoms with Crippen molar-refractivity contribution in [1.82, 2.24) is 0 Å². The maximum Gasteiger partial charge on any atom is -0.00313 e. The molecule has 0 aliphatic rings. The van der Waals surface area contributed by atoms with E-state index in [2.05, 4.69) is 36.4 Å². The number of thiophene rings is 1. The van der Waals surface area contributed by atoms with Gasteiger partial charge in [0.25, 0.3) is 0 Å². The summed E-state index contributed by atoms with van der Waals surface area (Å²) in [7, 11) is 0. The molecule has 0 amide bonds. The number of rotatable bonds is 2. The SMILES string of the molecule is CC(CS)c1ccsc1. The Balaban J connectivity index is 2.65. The van der Waals surface area contributed by atoms with E-state index in [-0.39, 0.29) is 0 Å². The summed E-state index contributed by atoms with van der Waals surface area (Å²) in [6.07, 6.45) is 0. The van der Waals surface area contributed by atoms with E-state index in [9.17, 15) is 0 Å². The van der Waals surface area contributed by atoms with Crippen molar-refractivity contribution in [3.63, 3.8) is 0 Å². The molecule has 0 nitrogen and oxygen atoms in total. The van der Waals surface area contributed by atoms with Crippen LogP contribution in [-0.2, 0) is 0 Å². The van der Waals surface area contributed by atoms with Gasteiger partial charge in [0.2, 0.25) is 0 Å². The van der Waals surface area contributed by atoms with Gasteiger partial charge in [-0.1, -0.05) is 6.92 Å². The highest BCUT2D eigenvalue weighted by atomic mass is 32.1. The average Bonchev–Trinajstić information content (AvgIpc) is 2.37. The van der Waals surface area contributed by atoms with Gasteiger partial charge in [0.1, 0.15) is 0 Å². The maximum atomic E-state index is 4.21. The molecule has 0 fully saturated rings. The molecular weight excluding hydrogens is 148 g/mol. The molecule has 1 rings (SSSR count). The van der Waals surface area contributed by atoms with E-state index in [1.165, 1.54) is 5.56 Å². The van der Waals surface area contributed by atoms with Crippen LogP contribution in [0.4, 0.5) is 0 Å². The van der Waals surface area contributed by atoms with Crippen LogP contribution in [0.25, 0.3) is 0 Å². The molecule has 0 radical (unpaired) electrons. The molecule has 9 heavy (non-hydrogen) atoms. The van der Waals surface area contributed by atoms with Gasteiger partial charge in [0, 0.05) is 0 Å². The highest BCUT2D eigenvalue weighted by Gasteiger charge is 2.00. The lowest BCUT2D eigenvalue weighted by Gasteiger charge is -2.02. The Labute approximate surface area is 65.3 Å². The van der Waals surface area contributed by atoms with Crippen molar-refractivity contribution < 1.29 is 0 Å². The van der Waals surface area contributed by atoms with Gasteiger partial charge in [-0.15, -0.1) is 0 Å². The maximum absolute atomic E-state index is 4.21. The van der Waals surface area contributed by atoms with Crippen molar-refractivity contribution in [2.45, 2.75) is 12.8 Å². The fourth-order valence-electron chi connectivity index (χ4n) is 0.661. The Bertz CT molecular complexity index is 155. The van der Waals surface area contributed by atoms with Crippen molar-refractivity contribution in [3.05, 3.63) is 22.4 Å². The predicted molar refractivity (Wildman–Crippen MR) is 46.6 cm³/mol. The monoisotopic (exact) mass is 158 g/mol. The molecule has 1 unspecified atom stereocenters. The molecule has 0 bridgehead atoms. The van der Waals surface area contributed by atoms with E-state index in [1.807, 2.05) is 0 Å². The summed E-state index contributed by atoms with van der Waals surface area (Å²) in [5.74, 6) is 1.55. The zero-order valence-corrected chi connectivity index (χ0v) is 7.08. The first kappa shape index (κ1) is 7.16. The topological polar surface area (TPSA) is 0 Å². The van der Waals surface area contributed by atoms with Gasteiger partial charge in [0.15, 0.2) is 0 Å². The molecule has 0 aliphatic carbocycles. The van der Waals surface area contributed by atoms with Crippen LogP contribution >= 0.6 is 24.0 Å². The molecule has 0 aromatic carbocycles. The van der Waals surface area contributed by atoms with E-state index in [0.717, 1.165) is 5.75 Å². The Morgan fingerprint density at radius 3 is 3.00 bits per heavy atom. The lowest BCUT2D eigenvalue weighted by molar-refractivity contribution is 0.890. The lowest BCUT2D eigenvalue weighted by atomic mass is 10.1. The summed E-state index contributed by atoms with van der Waals surface area (Å²) < 4.78 is 0. The quantitative estimate of drug-likeness (QED) is 0.629. The van der Waals surface area contributed by atoms with Gasteiger partial charge in [-0.05, 0) is 34.1 Å². The third-order valence-electron chi connectivity index (χ3n) is 1.39. The molecule has 50 valence electrons. The van der Waals surface area contributed by atoms with Crippen LogP contribution in [0.2, 0.25) is 0 Å². The standard InChI is InChI=1S/C7H10S2/c1-6(4-8)7-2-3-9-5-7/h2-3,5-6,8H,4H2,1H3. The number of hydrogen-bond acceptors (Lipinski definition) is 2. The first-order valence-electron chi connectivity index (χ1n) is 2.97. The van der Waals surface area contributed by atoms with Crippen molar-refractivity contribution in [2.24, 2.45) is 0 Å². The van der Waals surface area contributed by atoms with E-state index < -0.39 is 0 Å². The molecule has 0 spiro atoms. The van der Waals surface area contributed by atoms with Gasteiger partial charge in [-0.2, -0.15) is 24.0 Å². The van der Waals surface area contributed by atoms with Gasteiger partial charge >= 0.3 is 0 Å². The van der Waals surface area contributed by atoms with Crippen molar-refractivity contribution in [3.8, 4) is 0 Å². The molecule has 0 aliphatic heterocycles. The van der Waals surface area contributed by atoms with E-state index in [1.54, 1.807) is 11.3 Å². The van der Waals surface area contributed by atoms with Crippen LogP contribution in [0.5, 0.6) is 0 Å². The fourth-order valence-corrected chi connectivity index (χ4v) is 1.65. The molecule has 1 aromatic rings. The molecule has 0 N–H and O–H groups in total. The predicted octanol–water partition coefficient (Wildman–Crippen LogP) is 2.78.